The molecule has 0 aliphatic carbocycles. The lowest BCUT2D eigenvalue weighted by molar-refractivity contribution is 0.0936. The number of hydrogen-bond acceptors (Lipinski definition) is 6. The molecular formula is C25H26N2O4. The molecule has 0 radical (unpaired) electrons. The van der Waals surface area contributed by atoms with Crippen molar-refractivity contribution in [1.29, 1.82) is 0 Å². The fourth-order valence-corrected chi connectivity index (χ4v) is 3.69. The predicted molar refractivity (Wildman–Crippen MR) is 121 cm³/mol. The van der Waals surface area contributed by atoms with Gasteiger partial charge >= 0.3 is 0 Å². The van der Waals surface area contributed by atoms with Gasteiger partial charge in [-0.1, -0.05) is 6.92 Å². The lowest BCUT2D eigenvalue weighted by Gasteiger charge is -2.15. The van der Waals surface area contributed by atoms with Crippen molar-refractivity contribution in [2.75, 3.05) is 7.05 Å². The first-order valence-electron chi connectivity index (χ1n) is 10.5. The standard InChI is InChI=1S/C25H26N2O4/c1-4-21(25(29)18-5-7-22-16(11-18)9-10-30-22)27-14-20-13-19-12-17(6-8-23(19)31-20)24(28)15(2)26-3/h5-13,15,21,26-27H,4,14H2,1-3H3. The SMILES string of the molecule is CCC(NCc1cc2cc(C(=O)C(C)NC)ccc2o1)C(=O)c1ccc2occc2c1. The molecule has 6 heteroatoms. The smallest absolute Gasteiger partial charge is 0.179 e. The van der Waals surface area contributed by atoms with E-state index in [1.54, 1.807) is 25.4 Å². The molecule has 0 saturated carbocycles. The maximum Gasteiger partial charge on any atom is 0.179 e. The summed E-state index contributed by atoms with van der Waals surface area (Å²) >= 11 is 0. The van der Waals surface area contributed by atoms with Crippen molar-refractivity contribution in [1.82, 2.24) is 10.6 Å². The number of likely N-dealkylation sites (N-methyl/N-ethyl adjacent to an activating group) is 1. The molecule has 0 saturated heterocycles. The highest BCUT2D eigenvalue weighted by atomic mass is 16.3. The second-order valence-electron chi connectivity index (χ2n) is 7.72. The third-order valence-electron chi connectivity index (χ3n) is 5.66. The highest BCUT2D eigenvalue weighted by molar-refractivity contribution is 6.03. The number of benzene rings is 2. The molecule has 0 aliphatic heterocycles. The van der Waals surface area contributed by atoms with Crippen molar-refractivity contribution >= 4 is 33.5 Å². The van der Waals surface area contributed by atoms with Crippen molar-refractivity contribution in [2.24, 2.45) is 0 Å². The van der Waals surface area contributed by atoms with E-state index < -0.39 is 0 Å². The van der Waals surface area contributed by atoms with Crippen LogP contribution in [-0.2, 0) is 6.54 Å². The molecule has 0 fully saturated rings. The summed E-state index contributed by atoms with van der Waals surface area (Å²) in [5.74, 6) is 0.796. The van der Waals surface area contributed by atoms with Crippen molar-refractivity contribution in [3.05, 3.63) is 71.7 Å². The number of nitrogens with one attached hydrogen (secondary N) is 2. The van der Waals surface area contributed by atoms with Gasteiger partial charge in [-0.2, -0.15) is 0 Å². The average Bonchev–Trinajstić information content (AvgIpc) is 3.43. The van der Waals surface area contributed by atoms with Crippen molar-refractivity contribution in [3.8, 4) is 0 Å². The summed E-state index contributed by atoms with van der Waals surface area (Å²) < 4.78 is 11.3. The first-order chi connectivity index (χ1) is 15.0. The Labute approximate surface area is 180 Å². The minimum absolute atomic E-state index is 0.0376. The Morgan fingerprint density at radius 2 is 1.65 bits per heavy atom. The second-order valence-corrected chi connectivity index (χ2v) is 7.72. The summed E-state index contributed by atoms with van der Waals surface area (Å²) in [5, 5.41) is 8.06. The summed E-state index contributed by atoms with van der Waals surface area (Å²) in [4.78, 5) is 25.4. The van der Waals surface area contributed by atoms with Crippen LogP contribution in [0, 0.1) is 0 Å². The molecular weight excluding hydrogens is 392 g/mol. The van der Waals surface area contributed by atoms with Crippen LogP contribution < -0.4 is 10.6 Å². The maximum atomic E-state index is 13.0. The van der Waals surface area contributed by atoms with Crippen LogP contribution in [0.3, 0.4) is 0 Å². The third-order valence-corrected chi connectivity index (χ3v) is 5.66. The van der Waals surface area contributed by atoms with Gasteiger partial charge in [0.1, 0.15) is 16.9 Å². The Kier molecular flexibility index (Phi) is 6.02. The minimum atomic E-state index is -0.328. The van der Waals surface area contributed by atoms with Gasteiger partial charge in [0, 0.05) is 21.9 Å². The van der Waals surface area contributed by atoms with Crippen LogP contribution in [0.25, 0.3) is 21.9 Å². The fourth-order valence-electron chi connectivity index (χ4n) is 3.69. The van der Waals surface area contributed by atoms with Crippen molar-refractivity contribution in [2.45, 2.75) is 38.9 Å². The normalized spacial score (nSPS) is 13.5. The number of rotatable bonds is 9. The van der Waals surface area contributed by atoms with Gasteiger partial charge in [-0.3, -0.25) is 9.59 Å². The van der Waals surface area contributed by atoms with Crippen molar-refractivity contribution in [3.63, 3.8) is 0 Å². The second kappa shape index (κ2) is 8.88. The molecule has 0 amide bonds. The number of carbonyl (C=O) groups excluding carboxylic acids is 2. The van der Waals surface area contributed by atoms with Gasteiger partial charge in [-0.15, -0.1) is 0 Å². The monoisotopic (exact) mass is 418 g/mol. The van der Waals surface area contributed by atoms with Crippen LogP contribution in [0.5, 0.6) is 0 Å². The number of furan rings is 2. The first kappa shape index (κ1) is 21.0. The molecule has 0 aliphatic rings. The van der Waals surface area contributed by atoms with Gasteiger partial charge in [0.05, 0.1) is 24.9 Å². The lowest BCUT2D eigenvalue weighted by Crippen LogP contribution is -2.35. The summed E-state index contributed by atoms with van der Waals surface area (Å²) in [6.07, 6.45) is 2.28. The van der Waals surface area contributed by atoms with Gasteiger partial charge in [-0.05, 0) is 68.9 Å². The number of fused-ring (bicyclic) bond motifs is 2. The molecule has 2 atom stereocenters. The third kappa shape index (κ3) is 4.31. The largest absolute Gasteiger partial charge is 0.464 e. The molecule has 4 aromatic rings. The topological polar surface area (TPSA) is 84.5 Å². The van der Waals surface area contributed by atoms with Gasteiger partial charge in [0.2, 0.25) is 0 Å². The van der Waals surface area contributed by atoms with Gasteiger partial charge < -0.3 is 19.5 Å². The fraction of sp³-hybridized carbons (Fsp3) is 0.280. The quantitative estimate of drug-likeness (QED) is 0.383. The lowest BCUT2D eigenvalue weighted by atomic mass is 10.0. The van der Waals surface area contributed by atoms with E-state index in [0.717, 1.165) is 27.7 Å². The zero-order chi connectivity index (χ0) is 22.0. The molecule has 6 nitrogen and oxygen atoms in total. The molecule has 2 aromatic heterocycles. The molecule has 0 bridgehead atoms. The van der Waals surface area contributed by atoms with Gasteiger partial charge in [-0.25, -0.2) is 0 Å². The molecule has 160 valence electrons. The predicted octanol–water partition coefficient (Wildman–Crippen LogP) is 4.72. The Balaban J connectivity index is 1.47. The van der Waals surface area contributed by atoms with Gasteiger partial charge in [0.25, 0.3) is 0 Å². The number of Topliss-reactive ketones (excluding diaryl/α,β-unsaturated/α-hetero) is 2. The Morgan fingerprint density at radius 3 is 2.39 bits per heavy atom. The first-order valence-corrected chi connectivity index (χ1v) is 10.5. The maximum absolute atomic E-state index is 13.0. The van der Waals surface area contributed by atoms with Crippen molar-refractivity contribution < 1.29 is 18.4 Å². The Hall–Kier alpha value is -3.22. The van der Waals surface area contributed by atoms with E-state index in [1.807, 2.05) is 50.2 Å². The molecule has 2 N–H and O–H groups in total. The summed E-state index contributed by atoms with van der Waals surface area (Å²) in [5.41, 5.74) is 2.78. The summed E-state index contributed by atoms with van der Waals surface area (Å²) in [6.45, 7) is 4.23. The summed E-state index contributed by atoms with van der Waals surface area (Å²) in [7, 11) is 1.77. The molecule has 2 aromatic carbocycles. The highest BCUT2D eigenvalue weighted by Crippen LogP contribution is 2.22. The number of hydrogen-bond donors (Lipinski definition) is 2. The van der Waals surface area contributed by atoms with Crippen LogP contribution >= 0.6 is 0 Å². The zero-order valence-corrected chi connectivity index (χ0v) is 17.9. The molecule has 4 rings (SSSR count). The zero-order valence-electron chi connectivity index (χ0n) is 17.9. The average molecular weight is 418 g/mol. The van der Waals surface area contributed by atoms with Crippen LogP contribution in [0.2, 0.25) is 0 Å². The molecule has 2 unspecified atom stereocenters. The van der Waals surface area contributed by atoms with Crippen LogP contribution in [0.1, 0.15) is 46.7 Å². The highest BCUT2D eigenvalue weighted by Gasteiger charge is 2.20. The minimum Gasteiger partial charge on any atom is -0.464 e. The van der Waals surface area contributed by atoms with E-state index in [0.29, 0.717) is 24.1 Å². The molecule has 2 heterocycles. The molecule has 0 spiro atoms. The van der Waals surface area contributed by atoms with E-state index >= 15 is 0 Å². The Bertz CT molecular complexity index is 1240. The van der Waals surface area contributed by atoms with E-state index in [1.165, 1.54) is 0 Å². The van der Waals surface area contributed by atoms with Crippen LogP contribution in [0.15, 0.2) is 63.6 Å². The van der Waals surface area contributed by atoms with Crippen LogP contribution in [-0.4, -0.2) is 30.7 Å². The van der Waals surface area contributed by atoms with E-state index in [-0.39, 0.29) is 23.7 Å². The number of carbonyl (C=O) groups is 2. The Morgan fingerprint density at radius 1 is 0.935 bits per heavy atom. The van der Waals surface area contributed by atoms with E-state index in [4.69, 9.17) is 8.83 Å². The molecule has 31 heavy (non-hydrogen) atoms. The van der Waals surface area contributed by atoms with E-state index in [2.05, 4.69) is 10.6 Å². The van der Waals surface area contributed by atoms with Crippen LogP contribution in [0.4, 0.5) is 0 Å². The van der Waals surface area contributed by atoms with Gasteiger partial charge in [0.15, 0.2) is 11.6 Å². The summed E-state index contributed by atoms with van der Waals surface area (Å²) in [6, 6.07) is 14.1. The van der Waals surface area contributed by atoms with E-state index in [9.17, 15) is 9.59 Å². The number of ketones is 2.